The van der Waals surface area contributed by atoms with Gasteiger partial charge in [0.15, 0.2) is 5.82 Å². The number of aromatic nitrogens is 3. The van der Waals surface area contributed by atoms with Crippen LogP contribution in [-0.2, 0) is 16.6 Å². The lowest BCUT2D eigenvalue weighted by atomic mass is 10.1. The first-order chi connectivity index (χ1) is 11.5. The molecule has 1 unspecified atom stereocenters. The Balaban J connectivity index is 1.65. The molecule has 0 saturated carbocycles. The Morgan fingerprint density at radius 2 is 2.08 bits per heavy atom. The van der Waals surface area contributed by atoms with E-state index in [0.717, 1.165) is 18.4 Å². The van der Waals surface area contributed by atoms with Gasteiger partial charge in [-0.25, -0.2) is 0 Å². The number of nitrogens with zero attached hydrogens (tertiary/aromatic N) is 5. The van der Waals surface area contributed by atoms with E-state index in [9.17, 15) is 8.42 Å². The van der Waals surface area contributed by atoms with E-state index in [-0.39, 0.29) is 6.04 Å². The fourth-order valence-electron chi connectivity index (χ4n) is 2.87. The maximum Gasteiger partial charge on any atom is 0.281 e. The van der Waals surface area contributed by atoms with E-state index < -0.39 is 10.2 Å². The van der Waals surface area contributed by atoms with Crippen molar-refractivity contribution in [1.82, 2.24) is 23.7 Å². The highest BCUT2D eigenvalue weighted by atomic mass is 32.2. The van der Waals surface area contributed by atoms with E-state index in [2.05, 4.69) is 15.1 Å². The van der Waals surface area contributed by atoms with Crippen LogP contribution in [0.5, 0.6) is 0 Å². The molecule has 1 atom stereocenters. The molecular weight excluding hydrogens is 330 g/mol. The number of pyridine rings is 1. The summed E-state index contributed by atoms with van der Waals surface area (Å²) in [5.74, 6) is 1.05. The van der Waals surface area contributed by atoms with Crippen LogP contribution in [0, 0.1) is 0 Å². The molecule has 0 N–H and O–H groups in total. The zero-order chi connectivity index (χ0) is 17.2. The Morgan fingerprint density at radius 3 is 2.79 bits per heavy atom. The molecule has 9 heteroatoms. The molecule has 1 fully saturated rings. The highest BCUT2D eigenvalue weighted by Crippen LogP contribution is 2.26. The molecule has 3 rings (SSSR count). The van der Waals surface area contributed by atoms with Crippen molar-refractivity contribution in [3.8, 4) is 11.5 Å². The molecule has 0 aromatic carbocycles. The zero-order valence-corrected chi connectivity index (χ0v) is 14.6. The number of aryl methyl sites for hydroxylation is 1. The Kier molecular flexibility index (Phi) is 4.93. The SMILES string of the molecule is CN(C)S(=O)(=O)N1CCCC1CCc1noc(-c2ccncc2)n1. The van der Waals surface area contributed by atoms with Gasteiger partial charge in [0.2, 0.25) is 0 Å². The van der Waals surface area contributed by atoms with Crippen LogP contribution in [-0.4, -0.2) is 58.8 Å². The van der Waals surface area contributed by atoms with Gasteiger partial charge in [0.25, 0.3) is 16.1 Å². The molecule has 1 aliphatic heterocycles. The standard InChI is InChI=1S/C15H21N5O3S/c1-19(2)24(21,22)20-11-3-4-13(20)5-6-14-17-15(23-18-14)12-7-9-16-10-8-12/h7-10,13H,3-6,11H2,1-2H3. The topological polar surface area (TPSA) is 92.4 Å². The monoisotopic (exact) mass is 351 g/mol. The second kappa shape index (κ2) is 6.96. The van der Waals surface area contributed by atoms with Crippen LogP contribution in [0.1, 0.15) is 25.1 Å². The van der Waals surface area contributed by atoms with Gasteiger partial charge in [0.05, 0.1) is 0 Å². The van der Waals surface area contributed by atoms with Crippen molar-refractivity contribution in [1.29, 1.82) is 0 Å². The van der Waals surface area contributed by atoms with Gasteiger partial charge in [-0.1, -0.05) is 5.16 Å². The fraction of sp³-hybridized carbons (Fsp3) is 0.533. The van der Waals surface area contributed by atoms with E-state index >= 15 is 0 Å². The first kappa shape index (κ1) is 17.0. The van der Waals surface area contributed by atoms with Gasteiger partial charge in [-0.2, -0.15) is 22.0 Å². The summed E-state index contributed by atoms with van der Waals surface area (Å²) in [6.45, 7) is 0.569. The van der Waals surface area contributed by atoms with E-state index in [1.807, 2.05) is 0 Å². The third-order valence-corrected chi connectivity index (χ3v) is 6.17. The van der Waals surface area contributed by atoms with Crippen molar-refractivity contribution in [3.05, 3.63) is 30.4 Å². The summed E-state index contributed by atoms with van der Waals surface area (Å²) in [5.41, 5.74) is 0.821. The number of hydrogen-bond acceptors (Lipinski definition) is 6. The summed E-state index contributed by atoms with van der Waals surface area (Å²) in [7, 11) is -0.252. The van der Waals surface area contributed by atoms with E-state index in [1.54, 1.807) is 42.9 Å². The molecule has 0 amide bonds. The third-order valence-electron chi connectivity index (χ3n) is 4.18. The summed E-state index contributed by atoms with van der Waals surface area (Å²) in [6.07, 6.45) is 6.35. The summed E-state index contributed by atoms with van der Waals surface area (Å²) in [4.78, 5) is 8.34. The molecule has 1 saturated heterocycles. The molecule has 0 aliphatic carbocycles. The summed E-state index contributed by atoms with van der Waals surface area (Å²) in [5, 5.41) is 3.99. The maximum absolute atomic E-state index is 12.3. The van der Waals surface area contributed by atoms with E-state index in [4.69, 9.17) is 4.52 Å². The Morgan fingerprint density at radius 1 is 1.33 bits per heavy atom. The smallest absolute Gasteiger partial charge is 0.281 e. The lowest BCUT2D eigenvalue weighted by Crippen LogP contribution is -2.42. The quantitative estimate of drug-likeness (QED) is 0.780. The molecule has 0 spiro atoms. The highest BCUT2D eigenvalue weighted by Gasteiger charge is 2.35. The van der Waals surface area contributed by atoms with Crippen molar-refractivity contribution in [2.75, 3.05) is 20.6 Å². The second-order valence-corrected chi connectivity index (χ2v) is 8.08. The Hall–Kier alpha value is -1.84. The van der Waals surface area contributed by atoms with E-state index in [1.165, 1.54) is 4.31 Å². The lowest BCUT2D eigenvalue weighted by Gasteiger charge is -2.26. The van der Waals surface area contributed by atoms with Crippen LogP contribution >= 0.6 is 0 Å². The second-order valence-electron chi connectivity index (χ2n) is 5.99. The van der Waals surface area contributed by atoms with Crippen LogP contribution in [0.15, 0.2) is 29.0 Å². The Labute approximate surface area is 141 Å². The van der Waals surface area contributed by atoms with Crippen molar-refractivity contribution in [2.24, 2.45) is 0 Å². The van der Waals surface area contributed by atoms with Crippen molar-refractivity contribution < 1.29 is 12.9 Å². The van der Waals surface area contributed by atoms with Gasteiger partial charge in [0.1, 0.15) is 0 Å². The van der Waals surface area contributed by atoms with Crippen LogP contribution in [0.3, 0.4) is 0 Å². The molecule has 2 aromatic rings. The van der Waals surface area contributed by atoms with Gasteiger partial charge in [-0.3, -0.25) is 4.98 Å². The molecule has 0 radical (unpaired) electrons. The average Bonchev–Trinajstić information content (AvgIpc) is 3.23. The van der Waals surface area contributed by atoms with E-state index in [0.29, 0.717) is 31.1 Å². The molecule has 2 aromatic heterocycles. The summed E-state index contributed by atoms with van der Waals surface area (Å²) >= 11 is 0. The maximum atomic E-state index is 12.3. The molecule has 130 valence electrons. The third kappa shape index (κ3) is 3.47. The van der Waals surface area contributed by atoms with Gasteiger partial charge in [-0.15, -0.1) is 0 Å². The largest absolute Gasteiger partial charge is 0.334 e. The lowest BCUT2D eigenvalue weighted by molar-refractivity contribution is 0.340. The Bertz CT molecular complexity index is 775. The van der Waals surface area contributed by atoms with Crippen LogP contribution in [0.2, 0.25) is 0 Å². The van der Waals surface area contributed by atoms with Crippen LogP contribution in [0.25, 0.3) is 11.5 Å². The average molecular weight is 351 g/mol. The van der Waals surface area contributed by atoms with Crippen LogP contribution in [0.4, 0.5) is 0 Å². The van der Waals surface area contributed by atoms with Gasteiger partial charge >= 0.3 is 0 Å². The molecule has 8 nitrogen and oxygen atoms in total. The minimum Gasteiger partial charge on any atom is -0.334 e. The van der Waals surface area contributed by atoms with Crippen molar-refractivity contribution in [2.45, 2.75) is 31.7 Å². The molecular formula is C15H21N5O3S. The van der Waals surface area contributed by atoms with Gasteiger partial charge in [-0.05, 0) is 31.4 Å². The fourth-order valence-corrected chi connectivity index (χ4v) is 4.24. The minimum atomic E-state index is -3.37. The molecule has 0 bridgehead atoms. The molecule has 24 heavy (non-hydrogen) atoms. The zero-order valence-electron chi connectivity index (χ0n) is 13.8. The van der Waals surface area contributed by atoms with Gasteiger partial charge < -0.3 is 4.52 Å². The number of rotatable bonds is 6. The highest BCUT2D eigenvalue weighted by molar-refractivity contribution is 7.86. The van der Waals surface area contributed by atoms with Gasteiger partial charge in [0, 0.05) is 51.1 Å². The summed E-state index contributed by atoms with van der Waals surface area (Å²) < 4.78 is 32.8. The number of hydrogen-bond donors (Lipinski definition) is 0. The van der Waals surface area contributed by atoms with Crippen molar-refractivity contribution in [3.63, 3.8) is 0 Å². The predicted octanol–water partition coefficient (Wildman–Crippen LogP) is 1.34. The molecule has 1 aliphatic rings. The van der Waals surface area contributed by atoms with Crippen LogP contribution < -0.4 is 0 Å². The van der Waals surface area contributed by atoms with Crippen molar-refractivity contribution >= 4 is 10.2 Å². The first-order valence-corrected chi connectivity index (χ1v) is 9.30. The minimum absolute atomic E-state index is 0.0136. The molecule has 3 heterocycles. The predicted molar refractivity (Wildman–Crippen MR) is 88.2 cm³/mol. The summed E-state index contributed by atoms with van der Waals surface area (Å²) in [6, 6.07) is 3.60. The first-order valence-electron chi connectivity index (χ1n) is 7.91. The normalized spacial score (nSPS) is 19.2.